The van der Waals surface area contributed by atoms with Gasteiger partial charge in [0.2, 0.25) is 0 Å². The topological polar surface area (TPSA) is 37.3 Å². The maximum atomic E-state index is 13.3. The molecule has 0 bridgehead atoms. The molecule has 0 aliphatic rings. The van der Waals surface area contributed by atoms with Crippen molar-refractivity contribution in [2.75, 3.05) is 0 Å². The van der Waals surface area contributed by atoms with Crippen LogP contribution in [0.4, 0.5) is 26.3 Å². The summed E-state index contributed by atoms with van der Waals surface area (Å²) in [5, 5.41) is 8.88. The molecule has 0 unspecified atom stereocenters. The molecule has 1 N–H and O–H groups in total. The van der Waals surface area contributed by atoms with Gasteiger partial charge in [-0.05, 0) is 41.8 Å². The third-order valence-electron chi connectivity index (χ3n) is 3.42. The molecule has 2 aromatic rings. The Hall–Kier alpha value is -2.51. The number of aryl methyl sites for hydroxylation is 1. The van der Waals surface area contributed by atoms with Gasteiger partial charge in [0, 0.05) is 0 Å². The standard InChI is InChI=1S/C16H10F6O2/c1-8-7-9(14(23)24)5-6-10(8)11-3-2-4-12(15(17,18)19)13(11)16(20,21)22/h2-7H,1H3,(H,23,24). The zero-order valence-corrected chi connectivity index (χ0v) is 12.1. The molecule has 0 saturated carbocycles. The smallest absolute Gasteiger partial charge is 0.417 e. The van der Waals surface area contributed by atoms with E-state index in [0.29, 0.717) is 6.07 Å². The summed E-state index contributed by atoms with van der Waals surface area (Å²) in [5.41, 5.74) is -4.38. The largest absolute Gasteiger partial charge is 0.478 e. The van der Waals surface area contributed by atoms with E-state index in [9.17, 15) is 31.1 Å². The minimum atomic E-state index is -5.22. The van der Waals surface area contributed by atoms with E-state index in [1.54, 1.807) is 0 Å². The highest BCUT2D eigenvalue weighted by atomic mass is 19.4. The summed E-state index contributed by atoms with van der Waals surface area (Å²) in [4.78, 5) is 10.9. The van der Waals surface area contributed by atoms with Crippen molar-refractivity contribution in [1.82, 2.24) is 0 Å². The van der Waals surface area contributed by atoms with Gasteiger partial charge in [0.15, 0.2) is 0 Å². The van der Waals surface area contributed by atoms with E-state index in [1.165, 1.54) is 6.92 Å². The highest BCUT2D eigenvalue weighted by Crippen LogP contribution is 2.45. The van der Waals surface area contributed by atoms with Gasteiger partial charge in [0.25, 0.3) is 0 Å². The minimum Gasteiger partial charge on any atom is -0.478 e. The molecule has 128 valence electrons. The molecule has 0 aliphatic heterocycles. The van der Waals surface area contributed by atoms with Crippen molar-refractivity contribution in [3.63, 3.8) is 0 Å². The Morgan fingerprint density at radius 2 is 1.54 bits per heavy atom. The fourth-order valence-electron chi connectivity index (χ4n) is 2.42. The lowest BCUT2D eigenvalue weighted by atomic mass is 9.91. The number of carboxylic acid groups (broad SMARTS) is 1. The fourth-order valence-corrected chi connectivity index (χ4v) is 2.42. The minimum absolute atomic E-state index is 0.113. The molecule has 8 heteroatoms. The first-order valence-electron chi connectivity index (χ1n) is 6.54. The number of alkyl halides is 6. The number of benzene rings is 2. The van der Waals surface area contributed by atoms with E-state index in [2.05, 4.69) is 0 Å². The Kier molecular flexibility index (Phi) is 4.34. The lowest BCUT2D eigenvalue weighted by Gasteiger charge is -2.20. The van der Waals surface area contributed by atoms with Gasteiger partial charge in [-0.25, -0.2) is 4.79 Å². The fraction of sp³-hybridized carbons (Fsp3) is 0.188. The van der Waals surface area contributed by atoms with Crippen molar-refractivity contribution in [1.29, 1.82) is 0 Å². The predicted molar refractivity (Wildman–Crippen MR) is 73.6 cm³/mol. The van der Waals surface area contributed by atoms with Gasteiger partial charge in [-0.3, -0.25) is 0 Å². The first kappa shape index (κ1) is 17.8. The summed E-state index contributed by atoms with van der Waals surface area (Å²) >= 11 is 0. The molecule has 0 aromatic heterocycles. The van der Waals surface area contributed by atoms with Crippen molar-refractivity contribution < 1.29 is 36.2 Å². The van der Waals surface area contributed by atoms with Crippen LogP contribution in [0.1, 0.15) is 27.0 Å². The number of rotatable bonds is 2. The van der Waals surface area contributed by atoms with E-state index in [4.69, 9.17) is 5.11 Å². The highest BCUT2D eigenvalue weighted by Gasteiger charge is 2.44. The second-order valence-corrected chi connectivity index (χ2v) is 5.06. The zero-order valence-electron chi connectivity index (χ0n) is 12.1. The summed E-state index contributed by atoms with van der Waals surface area (Å²) in [6, 6.07) is 5.42. The molecule has 0 saturated heterocycles. The van der Waals surface area contributed by atoms with Crippen LogP contribution in [0.25, 0.3) is 11.1 Å². The Bertz CT molecular complexity index is 790. The molecule has 2 aromatic carbocycles. The molecule has 24 heavy (non-hydrogen) atoms. The monoisotopic (exact) mass is 348 g/mol. The van der Waals surface area contributed by atoms with Crippen molar-refractivity contribution in [3.05, 3.63) is 58.7 Å². The van der Waals surface area contributed by atoms with Crippen LogP contribution in [0.5, 0.6) is 0 Å². The van der Waals surface area contributed by atoms with Crippen LogP contribution in [0.15, 0.2) is 36.4 Å². The van der Waals surface area contributed by atoms with E-state index in [0.717, 1.165) is 30.3 Å². The van der Waals surface area contributed by atoms with Crippen LogP contribution in [0.2, 0.25) is 0 Å². The average molecular weight is 348 g/mol. The SMILES string of the molecule is Cc1cc(C(=O)O)ccc1-c1cccc(C(F)(F)F)c1C(F)(F)F. The van der Waals surface area contributed by atoms with Gasteiger partial charge in [0.1, 0.15) is 0 Å². The molecule has 0 aliphatic carbocycles. The van der Waals surface area contributed by atoms with Gasteiger partial charge >= 0.3 is 18.3 Å². The molecule has 2 nitrogen and oxygen atoms in total. The first-order chi connectivity index (χ1) is 10.9. The van der Waals surface area contributed by atoms with Crippen LogP contribution in [0.3, 0.4) is 0 Å². The molecule has 0 fully saturated rings. The number of carboxylic acids is 1. The van der Waals surface area contributed by atoms with E-state index in [1.807, 2.05) is 0 Å². The Morgan fingerprint density at radius 3 is 2.00 bits per heavy atom. The van der Waals surface area contributed by atoms with Crippen molar-refractivity contribution in [3.8, 4) is 11.1 Å². The summed E-state index contributed by atoms with van der Waals surface area (Å²) in [7, 11) is 0. The third-order valence-corrected chi connectivity index (χ3v) is 3.42. The Balaban J connectivity index is 2.79. The van der Waals surface area contributed by atoms with Gasteiger partial charge in [-0.15, -0.1) is 0 Å². The number of halogens is 6. The number of carbonyl (C=O) groups is 1. The van der Waals surface area contributed by atoms with Crippen LogP contribution in [-0.4, -0.2) is 11.1 Å². The number of aromatic carboxylic acids is 1. The molecular weight excluding hydrogens is 338 g/mol. The van der Waals surface area contributed by atoms with Crippen molar-refractivity contribution >= 4 is 5.97 Å². The summed E-state index contributed by atoms with van der Waals surface area (Å²) in [6.45, 7) is 1.34. The van der Waals surface area contributed by atoms with Gasteiger partial charge in [-0.2, -0.15) is 26.3 Å². The maximum Gasteiger partial charge on any atom is 0.417 e. The van der Waals surface area contributed by atoms with Crippen molar-refractivity contribution in [2.45, 2.75) is 19.3 Å². The molecule has 2 rings (SSSR count). The van der Waals surface area contributed by atoms with Crippen molar-refractivity contribution in [2.24, 2.45) is 0 Å². The molecular formula is C16H10F6O2. The van der Waals surface area contributed by atoms with Gasteiger partial charge in [-0.1, -0.05) is 18.2 Å². The quantitative estimate of drug-likeness (QED) is 0.738. The maximum absolute atomic E-state index is 13.3. The van der Waals surface area contributed by atoms with Crippen LogP contribution >= 0.6 is 0 Å². The van der Waals surface area contributed by atoms with E-state index >= 15 is 0 Å². The summed E-state index contributed by atoms with van der Waals surface area (Å²) in [6.07, 6.45) is -10.4. The summed E-state index contributed by atoms with van der Waals surface area (Å²) in [5.74, 6) is -1.29. The van der Waals surface area contributed by atoms with Gasteiger partial charge < -0.3 is 5.11 Å². The second-order valence-electron chi connectivity index (χ2n) is 5.06. The first-order valence-corrected chi connectivity index (χ1v) is 6.54. The Morgan fingerprint density at radius 1 is 0.917 bits per heavy atom. The number of hydrogen-bond donors (Lipinski definition) is 1. The zero-order chi connectivity index (χ0) is 18.3. The Labute approximate surface area is 132 Å². The second kappa shape index (κ2) is 5.85. The lowest BCUT2D eigenvalue weighted by molar-refractivity contribution is -0.161. The molecule has 0 radical (unpaired) electrons. The average Bonchev–Trinajstić information content (AvgIpc) is 2.44. The normalized spacial score (nSPS) is 12.3. The van der Waals surface area contributed by atoms with E-state index in [-0.39, 0.29) is 16.7 Å². The number of hydrogen-bond acceptors (Lipinski definition) is 1. The molecule has 0 heterocycles. The highest BCUT2D eigenvalue weighted by molar-refractivity contribution is 5.89. The summed E-state index contributed by atoms with van der Waals surface area (Å²) < 4.78 is 78.7. The molecule has 0 amide bonds. The molecule has 0 atom stereocenters. The van der Waals surface area contributed by atoms with Crippen LogP contribution in [0, 0.1) is 6.92 Å². The van der Waals surface area contributed by atoms with Crippen LogP contribution in [-0.2, 0) is 12.4 Å². The van der Waals surface area contributed by atoms with Gasteiger partial charge in [0.05, 0.1) is 16.7 Å². The van der Waals surface area contributed by atoms with E-state index < -0.39 is 35.0 Å². The lowest BCUT2D eigenvalue weighted by Crippen LogP contribution is -2.18. The predicted octanol–water partition coefficient (Wildman–Crippen LogP) is 5.40. The third kappa shape index (κ3) is 3.37. The molecule has 0 spiro atoms. The van der Waals surface area contributed by atoms with Crippen LogP contribution < -0.4 is 0 Å².